The van der Waals surface area contributed by atoms with E-state index in [-0.39, 0.29) is 37.1 Å². The smallest absolute Gasteiger partial charge is 0.324 e. The number of aryl methyl sites for hydroxylation is 1. The zero-order valence-electron chi connectivity index (χ0n) is 34.7. The Balaban J connectivity index is 1.25. The number of cyclic esters (lactones) is 1. The Morgan fingerprint density at radius 3 is 2.76 bits per heavy atom. The number of carbonyl (C=O) groups excluding carboxylic acids is 3. The van der Waals surface area contributed by atoms with Gasteiger partial charge in [0.05, 0.1) is 35.5 Å². The number of hydrogen-bond acceptors (Lipinski definition) is 12. The monoisotopic (exact) mass is 823 g/mol. The molecule has 14 nitrogen and oxygen atoms in total. The lowest BCUT2D eigenvalue weighted by Gasteiger charge is -2.37. The van der Waals surface area contributed by atoms with Gasteiger partial charge in [-0.1, -0.05) is 26.8 Å². The van der Waals surface area contributed by atoms with Crippen LogP contribution in [0, 0.1) is 17.3 Å². The molecule has 15 heteroatoms. The number of oxazole rings is 1. The molecule has 0 unspecified atom stereocenters. The van der Waals surface area contributed by atoms with Gasteiger partial charge in [-0.3, -0.25) is 24.4 Å². The lowest BCUT2D eigenvalue weighted by molar-refractivity contribution is -0.156. The van der Waals surface area contributed by atoms with Crippen molar-refractivity contribution in [2.45, 2.75) is 97.6 Å². The van der Waals surface area contributed by atoms with Crippen LogP contribution in [0.3, 0.4) is 0 Å². The Bertz CT molecular complexity index is 2340. The van der Waals surface area contributed by atoms with Gasteiger partial charge in [0, 0.05) is 77.7 Å². The van der Waals surface area contributed by atoms with Gasteiger partial charge in [-0.05, 0) is 75.8 Å². The number of benzene rings is 1. The highest BCUT2D eigenvalue weighted by molar-refractivity contribution is 7.10. The van der Waals surface area contributed by atoms with E-state index in [0.29, 0.717) is 43.1 Å². The molecule has 6 bridgehead atoms. The lowest BCUT2D eigenvalue weighted by Crippen LogP contribution is -2.61. The Morgan fingerprint density at radius 2 is 2.02 bits per heavy atom. The van der Waals surface area contributed by atoms with Crippen molar-refractivity contribution < 1.29 is 33.0 Å². The van der Waals surface area contributed by atoms with E-state index in [2.05, 4.69) is 65.3 Å². The summed E-state index contributed by atoms with van der Waals surface area (Å²) in [5.41, 5.74) is 10.0. The van der Waals surface area contributed by atoms with Crippen LogP contribution in [0.25, 0.3) is 33.4 Å². The summed E-state index contributed by atoms with van der Waals surface area (Å²) in [6.07, 6.45) is 5.19. The lowest BCUT2D eigenvalue weighted by atomic mass is 9.84. The molecule has 1 saturated heterocycles. The fraction of sp³-hybridized carbons (Fsp3) is 0.500. The van der Waals surface area contributed by atoms with Gasteiger partial charge in [0.2, 0.25) is 5.91 Å². The van der Waals surface area contributed by atoms with Crippen molar-refractivity contribution in [3.8, 4) is 22.5 Å². The fourth-order valence-corrected chi connectivity index (χ4v) is 9.80. The predicted molar refractivity (Wildman–Crippen MR) is 222 cm³/mol. The number of pyridine rings is 1. The third-order valence-corrected chi connectivity index (χ3v) is 13.0. The number of thiazole rings is 1. The van der Waals surface area contributed by atoms with Crippen LogP contribution in [-0.2, 0) is 41.6 Å². The molecule has 59 heavy (non-hydrogen) atoms. The number of hydrogen-bond donors (Lipinski definition) is 2. The van der Waals surface area contributed by atoms with Crippen molar-refractivity contribution in [1.29, 1.82) is 0 Å². The Hall–Kier alpha value is -4.96. The third kappa shape index (κ3) is 7.81. The van der Waals surface area contributed by atoms with Crippen LogP contribution in [0.1, 0.15) is 94.5 Å². The number of methoxy groups -OCH3 is 1. The van der Waals surface area contributed by atoms with Crippen LogP contribution in [0.15, 0.2) is 59.0 Å². The maximum Gasteiger partial charge on any atom is 0.324 e. The second-order valence-corrected chi connectivity index (χ2v) is 17.5. The Labute approximate surface area is 348 Å². The molecule has 3 aliphatic rings. The van der Waals surface area contributed by atoms with Gasteiger partial charge in [-0.25, -0.2) is 15.4 Å². The molecule has 312 valence electrons. The number of fused-ring (bicyclic) bond motifs is 6. The number of esters is 1. The van der Waals surface area contributed by atoms with Crippen LogP contribution in [0.5, 0.6) is 0 Å². The molecule has 1 aromatic carbocycles. The summed E-state index contributed by atoms with van der Waals surface area (Å²) in [6.45, 7) is 13.6. The summed E-state index contributed by atoms with van der Waals surface area (Å²) in [6, 6.07) is 8.54. The van der Waals surface area contributed by atoms with Gasteiger partial charge in [-0.2, -0.15) is 0 Å². The highest BCUT2D eigenvalue weighted by Gasteiger charge is 2.55. The molecular formula is C44H53N7O7S. The van der Waals surface area contributed by atoms with Crippen LogP contribution in [0.4, 0.5) is 0 Å². The molecule has 2 amide bonds. The van der Waals surface area contributed by atoms with E-state index in [9.17, 15) is 14.4 Å². The molecule has 8 rings (SSSR count). The molecule has 2 N–H and O–H groups in total. The number of aromatic nitrogens is 4. The number of nitrogens with zero attached hydrogens (tertiary/aromatic N) is 5. The number of hydrazine groups is 1. The van der Waals surface area contributed by atoms with E-state index in [1.807, 2.05) is 32.2 Å². The average molecular weight is 824 g/mol. The number of nitrogens with one attached hydrogen (secondary N) is 2. The first kappa shape index (κ1) is 40.8. The van der Waals surface area contributed by atoms with E-state index < -0.39 is 41.4 Å². The highest BCUT2D eigenvalue weighted by atomic mass is 32.1. The molecule has 6 heterocycles. The van der Waals surface area contributed by atoms with Gasteiger partial charge in [0.1, 0.15) is 29.5 Å². The first-order valence-electron chi connectivity index (χ1n) is 20.6. The minimum atomic E-state index is -1.15. The predicted octanol–water partition coefficient (Wildman–Crippen LogP) is 6.78. The number of carbonyl (C=O) groups is 3. The minimum Gasteiger partial charge on any atom is -0.464 e. The quantitative estimate of drug-likeness (QED) is 0.151. The summed E-state index contributed by atoms with van der Waals surface area (Å²) in [5.74, 6) is -1.68. The average Bonchev–Trinajstić information content (AvgIpc) is 3.69. The molecule has 0 radical (unpaired) electrons. The second-order valence-electron chi connectivity index (χ2n) is 16.6. The fourth-order valence-electron chi connectivity index (χ4n) is 8.89. The zero-order chi connectivity index (χ0) is 41.6. The minimum absolute atomic E-state index is 0.000969. The van der Waals surface area contributed by atoms with Crippen molar-refractivity contribution in [2.24, 2.45) is 17.3 Å². The zero-order valence-corrected chi connectivity index (χ0v) is 35.5. The van der Waals surface area contributed by atoms with Crippen LogP contribution in [0.2, 0.25) is 0 Å². The highest BCUT2D eigenvalue weighted by Crippen LogP contribution is 2.53. The summed E-state index contributed by atoms with van der Waals surface area (Å²) in [5, 5.41) is 8.10. The van der Waals surface area contributed by atoms with E-state index in [1.54, 1.807) is 19.6 Å². The van der Waals surface area contributed by atoms with Crippen LogP contribution in [-0.4, -0.2) is 81.3 Å². The van der Waals surface area contributed by atoms with Crippen molar-refractivity contribution in [1.82, 2.24) is 35.3 Å². The van der Waals surface area contributed by atoms with E-state index in [4.69, 9.17) is 28.6 Å². The van der Waals surface area contributed by atoms with Gasteiger partial charge in [0.15, 0.2) is 6.39 Å². The molecule has 7 atom stereocenters. The summed E-state index contributed by atoms with van der Waals surface area (Å²) in [4.78, 5) is 56.9. The normalized spacial score (nSPS) is 25.0. The van der Waals surface area contributed by atoms with Crippen LogP contribution >= 0.6 is 11.3 Å². The molecule has 2 aliphatic heterocycles. The van der Waals surface area contributed by atoms with E-state index >= 15 is 0 Å². The maximum absolute atomic E-state index is 14.7. The van der Waals surface area contributed by atoms with Crippen molar-refractivity contribution in [3.63, 3.8) is 0 Å². The first-order valence-corrected chi connectivity index (χ1v) is 21.5. The van der Waals surface area contributed by atoms with Gasteiger partial charge in [-0.15, -0.1) is 11.3 Å². The van der Waals surface area contributed by atoms with Crippen molar-refractivity contribution in [2.75, 3.05) is 26.9 Å². The largest absolute Gasteiger partial charge is 0.464 e. The second kappa shape index (κ2) is 16.6. The number of amides is 2. The SMILES string of the molecule is CCO[C@@H]1c2nc(cs2)-c2ccc3c(c2)c(c(-c2cccnc2[C@H](C)OC)n3CC)CC(C)(C)COC(=O)[C@@H]2CCCN(N2)C(=O)[C@H]1NC(=O)[C@H]1[C@H](C)[C@@H]1c1cocn1. The van der Waals surface area contributed by atoms with E-state index in [1.165, 1.54) is 22.7 Å². The number of ether oxygens (including phenoxy) is 3. The van der Waals surface area contributed by atoms with Gasteiger partial charge in [0.25, 0.3) is 5.91 Å². The Morgan fingerprint density at radius 1 is 1.19 bits per heavy atom. The van der Waals surface area contributed by atoms with Gasteiger partial charge < -0.3 is 28.5 Å². The summed E-state index contributed by atoms with van der Waals surface area (Å²) < 4.78 is 25.8. The summed E-state index contributed by atoms with van der Waals surface area (Å²) in [7, 11) is 1.69. The third-order valence-electron chi connectivity index (χ3n) is 12.1. The summed E-state index contributed by atoms with van der Waals surface area (Å²) >= 11 is 1.39. The molecule has 2 fully saturated rings. The number of rotatable bonds is 9. The molecule has 5 aromatic rings. The molecule has 0 spiro atoms. The maximum atomic E-state index is 14.7. The molecular weight excluding hydrogens is 771 g/mol. The van der Waals surface area contributed by atoms with Crippen molar-refractivity contribution in [3.05, 3.63) is 76.5 Å². The standard InChI is InChI=1S/C44H53N7O7S/c1-8-50-33-15-14-26-18-28(33)29(38(50)27-12-10-16-45-36(27)25(4)55-7)19-44(5,6)22-58-43(54)30-13-11-17-51(49-30)42(53)37(39(57-9-2)41-47-32(26)21-59-41)48-40(52)35-24(3)34(35)31-20-56-23-46-31/h10,12,14-16,18,20-21,23-25,30,34-35,37,39,49H,8-9,11,13,17,19,22H2,1-7H3,(H,48,52)/t24-,25+,30+,34-,35+,37+,39+/m1/s1. The van der Waals surface area contributed by atoms with Crippen molar-refractivity contribution >= 4 is 40.0 Å². The van der Waals surface area contributed by atoms with E-state index in [0.717, 1.165) is 44.7 Å². The van der Waals surface area contributed by atoms with Gasteiger partial charge >= 0.3 is 5.97 Å². The molecule has 4 aromatic heterocycles. The first-order chi connectivity index (χ1) is 28.4. The molecule has 1 saturated carbocycles. The van der Waals surface area contributed by atoms with Crippen LogP contribution < -0.4 is 10.7 Å². The molecule has 1 aliphatic carbocycles. The Kier molecular flexibility index (Phi) is 11.5. The topological polar surface area (TPSA) is 163 Å².